The molecule has 1 aliphatic rings. The molecule has 7 nitrogen and oxygen atoms in total. The van der Waals surface area contributed by atoms with Gasteiger partial charge in [-0.1, -0.05) is 23.7 Å². The molecule has 2 aromatic rings. The fourth-order valence-electron chi connectivity index (χ4n) is 4.26. The molecule has 1 unspecified atom stereocenters. The van der Waals surface area contributed by atoms with Crippen molar-refractivity contribution in [3.63, 3.8) is 0 Å². The number of rotatable bonds is 6. The van der Waals surface area contributed by atoms with Crippen molar-refractivity contribution in [1.82, 2.24) is 19.4 Å². The number of halogens is 2. The molecule has 2 heterocycles. The number of hydrogen-bond donors (Lipinski definition) is 1. The van der Waals surface area contributed by atoms with Crippen molar-refractivity contribution in [2.75, 3.05) is 27.2 Å². The van der Waals surface area contributed by atoms with Crippen LogP contribution in [0.1, 0.15) is 54.0 Å². The molecule has 1 saturated heterocycles. The molecule has 0 bridgehead atoms. The van der Waals surface area contributed by atoms with Crippen LogP contribution in [0.5, 0.6) is 0 Å². The highest BCUT2D eigenvalue weighted by Gasteiger charge is 2.34. The normalized spacial score (nSPS) is 16.4. The van der Waals surface area contributed by atoms with Gasteiger partial charge in [-0.2, -0.15) is 0 Å². The Hall–Kier alpha value is -2.06. The summed E-state index contributed by atoms with van der Waals surface area (Å²) in [4.78, 5) is 32.0. The monoisotopic (exact) mass is 496 g/mol. The third-order valence-electron chi connectivity index (χ3n) is 5.51. The lowest BCUT2D eigenvalue weighted by atomic mass is 9.84. The Morgan fingerprint density at radius 1 is 1.23 bits per heavy atom. The highest BCUT2D eigenvalue weighted by Crippen LogP contribution is 2.38. The molecule has 1 aliphatic heterocycles. The molecule has 3 rings (SSSR count). The summed E-state index contributed by atoms with van der Waals surface area (Å²) in [6.45, 7) is 5.24. The molecule has 9 heteroatoms. The summed E-state index contributed by atoms with van der Waals surface area (Å²) in [5.74, 6) is -1.10. The third kappa shape index (κ3) is 4.49. The van der Waals surface area contributed by atoms with Gasteiger partial charge in [-0.05, 0) is 59.8 Å². The van der Waals surface area contributed by atoms with Gasteiger partial charge in [-0.3, -0.25) is 0 Å². The van der Waals surface area contributed by atoms with Crippen molar-refractivity contribution < 1.29 is 14.7 Å². The summed E-state index contributed by atoms with van der Waals surface area (Å²) in [6.07, 6.45) is 0.675. The van der Waals surface area contributed by atoms with Crippen LogP contribution in [0.15, 0.2) is 29.0 Å². The van der Waals surface area contributed by atoms with E-state index in [1.54, 1.807) is 23.9 Å². The molecule has 0 saturated carbocycles. The second kappa shape index (κ2) is 8.98. The molecule has 1 N–H and O–H groups in total. The predicted octanol–water partition coefficient (Wildman–Crippen LogP) is 4.71. The van der Waals surface area contributed by atoms with Gasteiger partial charge in [0.2, 0.25) is 0 Å². The number of urea groups is 1. The quantitative estimate of drug-likeness (QED) is 0.627. The maximum absolute atomic E-state index is 12.2. The van der Waals surface area contributed by atoms with Gasteiger partial charge in [-0.25, -0.2) is 14.6 Å². The fraction of sp³-hybridized carbons (Fsp3) is 0.476. The third-order valence-corrected chi connectivity index (χ3v) is 6.32. The maximum Gasteiger partial charge on any atom is 0.356 e. The molecule has 162 valence electrons. The lowest BCUT2D eigenvalue weighted by Crippen LogP contribution is -2.50. The van der Waals surface area contributed by atoms with Crippen LogP contribution in [-0.4, -0.2) is 63.6 Å². The lowest BCUT2D eigenvalue weighted by Gasteiger charge is -2.38. The topological polar surface area (TPSA) is 78.7 Å². The standard InChI is InChI=1S/C21H26BrClN4O3/c1-12(2)27-18(17(19(28)29)24-20(27)22)16(14-5-7-15(23)8-6-14)9-13-10-25(3)21(30)26(4)11-13/h5-8,12-13,16H,9-11H2,1-4H3,(H,28,29). The zero-order chi connectivity index (χ0) is 22.2. The van der Waals surface area contributed by atoms with Crippen LogP contribution in [0.2, 0.25) is 5.02 Å². The zero-order valence-corrected chi connectivity index (χ0v) is 19.8. The van der Waals surface area contributed by atoms with Gasteiger partial charge < -0.3 is 19.5 Å². The molecule has 0 aliphatic carbocycles. The van der Waals surface area contributed by atoms with Gasteiger partial charge in [0.1, 0.15) is 0 Å². The number of aromatic carboxylic acids is 1. The minimum Gasteiger partial charge on any atom is -0.476 e. The van der Waals surface area contributed by atoms with Crippen molar-refractivity contribution in [3.8, 4) is 0 Å². The second-order valence-corrected chi connectivity index (χ2v) is 9.28. The van der Waals surface area contributed by atoms with E-state index in [1.807, 2.05) is 42.7 Å². The van der Waals surface area contributed by atoms with Gasteiger partial charge in [0.05, 0.1) is 5.69 Å². The van der Waals surface area contributed by atoms with Crippen molar-refractivity contribution in [1.29, 1.82) is 0 Å². The summed E-state index contributed by atoms with van der Waals surface area (Å²) >= 11 is 9.55. The molecular formula is C21H26BrClN4O3. The van der Waals surface area contributed by atoms with E-state index in [9.17, 15) is 14.7 Å². The molecule has 1 atom stereocenters. The minimum atomic E-state index is -1.06. The number of imidazole rings is 1. The lowest BCUT2D eigenvalue weighted by molar-refractivity contribution is 0.0688. The van der Waals surface area contributed by atoms with Crippen LogP contribution in [0.3, 0.4) is 0 Å². The number of carboxylic acids is 1. The fourth-order valence-corrected chi connectivity index (χ4v) is 5.17. The molecule has 0 spiro atoms. The summed E-state index contributed by atoms with van der Waals surface area (Å²) in [7, 11) is 3.58. The van der Waals surface area contributed by atoms with Crippen molar-refractivity contribution in [2.24, 2.45) is 5.92 Å². The Morgan fingerprint density at radius 3 is 2.30 bits per heavy atom. The largest absolute Gasteiger partial charge is 0.476 e. The molecule has 1 aromatic heterocycles. The van der Waals surface area contributed by atoms with Crippen LogP contribution in [0.25, 0.3) is 0 Å². The van der Waals surface area contributed by atoms with Crippen molar-refractivity contribution in [2.45, 2.75) is 32.2 Å². The average molecular weight is 498 g/mol. The van der Waals surface area contributed by atoms with Crippen LogP contribution in [0, 0.1) is 5.92 Å². The molecule has 1 aromatic carbocycles. The number of hydrogen-bond acceptors (Lipinski definition) is 3. The van der Waals surface area contributed by atoms with Crippen LogP contribution >= 0.6 is 27.5 Å². The Morgan fingerprint density at radius 2 is 1.80 bits per heavy atom. The first-order valence-electron chi connectivity index (χ1n) is 9.82. The average Bonchev–Trinajstić information content (AvgIpc) is 3.02. The number of amides is 2. The number of carbonyl (C=O) groups excluding carboxylic acids is 1. The number of carboxylic acid groups (broad SMARTS) is 1. The smallest absolute Gasteiger partial charge is 0.356 e. The van der Waals surface area contributed by atoms with E-state index >= 15 is 0 Å². The first-order chi connectivity index (χ1) is 14.1. The van der Waals surface area contributed by atoms with Gasteiger partial charge in [0.25, 0.3) is 0 Å². The Bertz CT molecular complexity index is 930. The first-order valence-corrected chi connectivity index (χ1v) is 11.0. The second-order valence-electron chi connectivity index (χ2n) is 8.13. The summed E-state index contributed by atoms with van der Waals surface area (Å²) in [5, 5.41) is 10.5. The van der Waals surface area contributed by atoms with Crippen LogP contribution < -0.4 is 0 Å². The van der Waals surface area contributed by atoms with E-state index in [4.69, 9.17) is 11.6 Å². The molecule has 30 heavy (non-hydrogen) atoms. The van der Waals surface area contributed by atoms with E-state index in [2.05, 4.69) is 20.9 Å². The van der Waals surface area contributed by atoms with E-state index in [0.717, 1.165) is 5.56 Å². The highest BCUT2D eigenvalue weighted by atomic mass is 79.9. The van der Waals surface area contributed by atoms with E-state index in [-0.39, 0.29) is 29.6 Å². The summed E-state index contributed by atoms with van der Waals surface area (Å²) in [6, 6.07) is 7.52. The Kier molecular flexibility index (Phi) is 6.77. The molecule has 2 amide bonds. The first kappa shape index (κ1) is 22.6. The van der Waals surface area contributed by atoms with Gasteiger partial charge in [0.15, 0.2) is 10.4 Å². The Balaban J connectivity index is 2.11. The molecular weight excluding hydrogens is 472 g/mol. The number of carbonyl (C=O) groups is 2. The minimum absolute atomic E-state index is 0.00418. The SMILES string of the molecule is CC(C)n1c(Br)nc(C(=O)O)c1C(CC1CN(C)C(=O)N(C)C1)c1ccc(Cl)cc1. The van der Waals surface area contributed by atoms with Gasteiger partial charge in [0, 0.05) is 44.2 Å². The van der Waals surface area contributed by atoms with E-state index < -0.39 is 5.97 Å². The number of benzene rings is 1. The van der Waals surface area contributed by atoms with E-state index in [1.165, 1.54) is 0 Å². The van der Waals surface area contributed by atoms with Crippen LogP contribution in [0.4, 0.5) is 4.79 Å². The van der Waals surface area contributed by atoms with Gasteiger partial charge in [-0.15, -0.1) is 0 Å². The van der Waals surface area contributed by atoms with E-state index in [0.29, 0.717) is 35.0 Å². The van der Waals surface area contributed by atoms with Crippen LogP contribution in [-0.2, 0) is 0 Å². The molecule has 1 fully saturated rings. The molecule has 0 radical (unpaired) electrons. The highest BCUT2D eigenvalue weighted by molar-refractivity contribution is 9.10. The predicted molar refractivity (Wildman–Crippen MR) is 119 cm³/mol. The maximum atomic E-state index is 12.2. The zero-order valence-electron chi connectivity index (χ0n) is 17.5. The Labute approximate surface area is 189 Å². The van der Waals surface area contributed by atoms with Gasteiger partial charge >= 0.3 is 12.0 Å². The number of nitrogens with zero attached hydrogens (tertiary/aromatic N) is 4. The summed E-state index contributed by atoms with van der Waals surface area (Å²) < 4.78 is 2.43. The number of aromatic nitrogens is 2. The van der Waals surface area contributed by atoms with Crippen molar-refractivity contribution >= 4 is 39.5 Å². The van der Waals surface area contributed by atoms with Crippen molar-refractivity contribution in [3.05, 3.63) is 51.0 Å². The summed E-state index contributed by atoms with van der Waals surface area (Å²) in [5.41, 5.74) is 1.68.